The maximum absolute atomic E-state index is 12.4. The predicted octanol–water partition coefficient (Wildman–Crippen LogP) is 3.48. The molecule has 1 saturated heterocycles. The summed E-state index contributed by atoms with van der Waals surface area (Å²) in [7, 11) is 0. The number of aromatic nitrogens is 1. The zero-order valence-electron chi connectivity index (χ0n) is 14.4. The molecule has 2 amide bonds. The van der Waals surface area contributed by atoms with Crippen molar-refractivity contribution in [3.8, 4) is 0 Å². The number of hydrogen-bond acceptors (Lipinski definition) is 6. The molecule has 1 atom stereocenters. The van der Waals surface area contributed by atoms with Crippen molar-refractivity contribution in [3.63, 3.8) is 0 Å². The molecule has 4 rings (SSSR count). The first-order chi connectivity index (χ1) is 13.2. The molecule has 1 fully saturated rings. The van der Waals surface area contributed by atoms with Gasteiger partial charge in [0.2, 0.25) is 11.8 Å². The number of benzene rings is 2. The molecule has 6 nitrogen and oxygen atoms in total. The average Bonchev–Trinajstić information content (AvgIpc) is 3.11. The Balaban J connectivity index is 1.40. The largest absolute Gasteiger partial charge is 0.325 e. The predicted molar refractivity (Wildman–Crippen MR) is 109 cm³/mol. The number of hydrogen-bond donors (Lipinski definition) is 3. The van der Waals surface area contributed by atoms with Gasteiger partial charge in [0.1, 0.15) is 0 Å². The average molecular weight is 399 g/mol. The van der Waals surface area contributed by atoms with Gasteiger partial charge in [0.25, 0.3) is 0 Å². The first-order valence-corrected chi connectivity index (χ1v) is 10.4. The fourth-order valence-electron chi connectivity index (χ4n) is 2.95. The maximum atomic E-state index is 12.4. The van der Waals surface area contributed by atoms with Gasteiger partial charge in [0, 0.05) is 12.1 Å². The van der Waals surface area contributed by atoms with Crippen molar-refractivity contribution < 1.29 is 9.59 Å². The summed E-state index contributed by atoms with van der Waals surface area (Å²) in [5.74, 6) is 0.203. The van der Waals surface area contributed by atoms with Crippen molar-refractivity contribution in [3.05, 3.63) is 54.1 Å². The molecule has 3 aromatic rings. The number of fused-ring (bicyclic) bond motifs is 1. The van der Waals surface area contributed by atoms with E-state index in [1.54, 1.807) is 11.3 Å². The third-order valence-corrected chi connectivity index (χ3v) is 6.44. The number of carbonyl (C=O) groups is 2. The molecule has 2 heterocycles. The van der Waals surface area contributed by atoms with E-state index in [-0.39, 0.29) is 17.9 Å². The van der Waals surface area contributed by atoms with E-state index in [9.17, 15) is 9.59 Å². The van der Waals surface area contributed by atoms with Gasteiger partial charge in [-0.15, -0.1) is 11.3 Å². The van der Waals surface area contributed by atoms with Gasteiger partial charge in [-0.3, -0.25) is 15.0 Å². The lowest BCUT2D eigenvalue weighted by molar-refractivity contribution is -0.124. The van der Waals surface area contributed by atoms with Crippen LogP contribution in [-0.4, -0.2) is 22.6 Å². The van der Waals surface area contributed by atoms with Gasteiger partial charge in [0.05, 0.1) is 22.0 Å². The quantitative estimate of drug-likeness (QED) is 0.573. The molecule has 1 aromatic heterocycles. The Morgan fingerprint density at radius 3 is 2.85 bits per heavy atom. The van der Waals surface area contributed by atoms with E-state index in [4.69, 9.17) is 0 Å². The van der Waals surface area contributed by atoms with E-state index in [0.717, 1.165) is 25.8 Å². The van der Waals surface area contributed by atoms with Crippen LogP contribution in [0.4, 0.5) is 5.69 Å². The number of anilines is 1. The summed E-state index contributed by atoms with van der Waals surface area (Å²) in [6.07, 6.45) is 1.16. The Kier molecular flexibility index (Phi) is 5.38. The molecule has 0 bridgehead atoms. The molecular formula is C19H18N4O2S2. The summed E-state index contributed by atoms with van der Waals surface area (Å²) in [5, 5.41) is 2.99. The van der Waals surface area contributed by atoms with Crippen molar-refractivity contribution in [2.24, 2.45) is 0 Å². The number of hydrazine groups is 1. The second-order valence-electron chi connectivity index (χ2n) is 6.16. The van der Waals surface area contributed by atoms with Crippen LogP contribution in [0.5, 0.6) is 0 Å². The lowest BCUT2D eigenvalue weighted by Crippen LogP contribution is -2.44. The minimum absolute atomic E-state index is 0.0139. The molecule has 8 heteroatoms. The van der Waals surface area contributed by atoms with Crippen LogP contribution >= 0.6 is 23.1 Å². The minimum atomic E-state index is -0.0773. The van der Waals surface area contributed by atoms with Gasteiger partial charge < -0.3 is 5.32 Å². The Hall–Kier alpha value is -2.42. The number of para-hydroxylation sites is 2. The van der Waals surface area contributed by atoms with Gasteiger partial charge >= 0.3 is 0 Å². The Labute approximate surface area is 164 Å². The van der Waals surface area contributed by atoms with Crippen molar-refractivity contribution >= 4 is 50.8 Å². The number of nitrogens with zero attached hydrogens (tertiary/aromatic N) is 1. The van der Waals surface area contributed by atoms with E-state index < -0.39 is 0 Å². The molecule has 0 spiro atoms. The number of nitrogens with one attached hydrogen (secondary N) is 3. The lowest BCUT2D eigenvalue weighted by atomic mass is 9.99. The fraction of sp³-hybridized carbons (Fsp3) is 0.211. The van der Waals surface area contributed by atoms with Crippen molar-refractivity contribution in [1.82, 2.24) is 15.8 Å². The highest BCUT2D eigenvalue weighted by molar-refractivity contribution is 8.01. The van der Waals surface area contributed by atoms with Gasteiger partial charge in [-0.1, -0.05) is 42.1 Å². The van der Waals surface area contributed by atoms with Crippen LogP contribution < -0.4 is 16.2 Å². The number of thiazole rings is 1. The summed E-state index contributed by atoms with van der Waals surface area (Å²) in [5.41, 5.74) is 8.36. The molecule has 0 saturated carbocycles. The Morgan fingerprint density at radius 1 is 1.22 bits per heavy atom. The summed E-state index contributed by atoms with van der Waals surface area (Å²) >= 11 is 3.03. The van der Waals surface area contributed by atoms with Crippen LogP contribution in [0.3, 0.4) is 0 Å². The first kappa shape index (κ1) is 18.0. The zero-order valence-corrected chi connectivity index (χ0v) is 16.0. The molecule has 1 aliphatic rings. The second kappa shape index (κ2) is 8.08. The smallest absolute Gasteiger partial charge is 0.234 e. The van der Waals surface area contributed by atoms with Gasteiger partial charge in [-0.05, 0) is 30.2 Å². The standard InChI is InChI=1S/C19H18N4O2S2/c24-17-10-9-14(22-23-17)12-5-1-2-6-13(12)20-18(25)11-26-19-21-15-7-3-4-8-16(15)27-19/h1-8,14,22H,9-11H2,(H,20,25)(H,23,24). The third-order valence-electron chi connectivity index (χ3n) is 4.26. The molecule has 1 aliphatic heterocycles. The van der Waals surface area contributed by atoms with E-state index in [2.05, 4.69) is 21.2 Å². The van der Waals surface area contributed by atoms with Crippen molar-refractivity contribution in [2.75, 3.05) is 11.1 Å². The molecule has 0 aliphatic carbocycles. The molecule has 2 aromatic carbocycles. The van der Waals surface area contributed by atoms with Crippen LogP contribution in [0.2, 0.25) is 0 Å². The summed E-state index contributed by atoms with van der Waals surface area (Å²) in [4.78, 5) is 28.3. The Morgan fingerprint density at radius 2 is 2.04 bits per heavy atom. The van der Waals surface area contributed by atoms with E-state index in [1.165, 1.54) is 11.8 Å². The number of carbonyl (C=O) groups excluding carboxylic acids is 2. The fourth-order valence-corrected chi connectivity index (χ4v) is 4.82. The molecule has 27 heavy (non-hydrogen) atoms. The third kappa shape index (κ3) is 4.29. The minimum Gasteiger partial charge on any atom is -0.325 e. The van der Waals surface area contributed by atoms with Crippen LogP contribution in [0.1, 0.15) is 24.4 Å². The summed E-state index contributed by atoms with van der Waals surface area (Å²) in [6.45, 7) is 0. The second-order valence-corrected chi connectivity index (χ2v) is 8.41. The number of amides is 2. The normalized spacial score (nSPS) is 16.9. The Bertz CT molecular complexity index is 946. The van der Waals surface area contributed by atoms with Gasteiger partial charge in [-0.2, -0.15) is 0 Å². The van der Waals surface area contributed by atoms with Gasteiger partial charge in [-0.25, -0.2) is 10.4 Å². The van der Waals surface area contributed by atoms with E-state index in [1.807, 2.05) is 48.5 Å². The molecule has 3 N–H and O–H groups in total. The highest BCUT2D eigenvalue weighted by atomic mass is 32.2. The van der Waals surface area contributed by atoms with Crippen molar-refractivity contribution in [1.29, 1.82) is 0 Å². The molecule has 138 valence electrons. The van der Waals surface area contributed by atoms with Gasteiger partial charge in [0.15, 0.2) is 4.34 Å². The molecular weight excluding hydrogens is 380 g/mol. The zero-order chi connectivity index (χ0) is 18.6. The van der Waals surface area contributed by atoms with Crippen LogP contribution in [0.25, 0.3) is 10.2 Å². The lowest BCUT2D eigenvalue weighted by Gasteiger charge is -2.26. The van der Waals surface area contributed by atoms with E-state index >= 15 is 0 Å². The van der Waals surface area contributed by atoms with Crippen molar-refractivity contribution in [2.45, 2.75) is 23.2 Å². The number of thioether (sulfide) groups is 1. The first-order valence-electron chi connectivity index (χ1n) is 8.60. The highest BCUT2D eigenvalue weighted by Gasteiger charge is 2.21. The van der Waals surface area contributed by atoms with Crippen LogP contribution in [0, 0.1) is 0 Å². The number of rotatable bonds is 5. The van der Waals surface area contributed by atoms with Crippen LogP contribution in [-0.2, 0) is 9.59 Å². The van der Waals surface area contributed by atoms with Crippen LogP contribution in [0.15, 0.2) is 52.9 Å². The topological polar surface area (TPSA) is 83.1 Å². The highest BCUT2D eigenvalue weighted by Crippen LogP contribution is 2.30. The molecule has 1 unspecified atom stereocenters. The van der Waals surface area contributed by atoms with E-state index in [0.29, 0.717) is 18.6 Å². The summed E-state index contributed by atoms with van der Waals surface area (Å²) < 4.78 is 2.01. The monoisotopic (exact) mass is 398 g/mol. The summed E-state index contributed by atoms with van der Waals surface area (Å²) in [6, 6.07) is 15.6. The molecule has 0 radical (unpaired) electrons. The maximum Gasteiger partial charge on any atom is 0.234 e. The SMILES string of the molecule is O=C1CCC(c2ccccc2NC(=O)CSc2nc3ccccc3s2)NN1.